The molecule has 2 N–H and O–H groups in total. The van der Waals surface area contributed by atoms with Gasteiger partial charge in [0.15, 0.2) is 5.65 Å². The van der Waals surface area contributed by atoms with Gasteiger partial charge in [0.05, 0.1) is 23.6 Å². The van der Waals surface area contributed by atoms with Crippen molar-refractivity contribution in [3.05, 3.63) is 35.9 Å². The highest BCUT2D eigenvalue weighted by Gasteiger charge is 2.28. The maximum atomic E-state index is 12.6. The zero-order chi connectivity index (χ0) is 20.8. The molecule has 2 aromatic heterocycles. The maximum Gasteiger partial charge on any atom is 0.393 e. The number of aromatic nitrogens is 3. The van der Waals surface area contributed by atoms with E-state index in [0.29, 0.717) is 41.3 Å². The third kappa shape index (κ3) is 4.14. The van der Waals surface area contributed by atoms with Crippen LogP contribution < -0.4 is 4.74 Å². The van der Waals surface area contributed by atoms with Crippen LogP contribution in [0.25, 0.3) is 22.6 Å². The van der Waals surface area contributed by atoms with Gasteiger partial charge in [-0.2, -0.15) is 18.2 Å². The van der Waals surface area contributed by atoms with E-state index in [2.05, 4.69) is 9.97 Å². The van der Waals surface area contributed by atoms with Crippen molar-refractivity contribution in [2.24, 2.45) is 7.05 Å². The number of alkyl halides is 3. The van der Waals surface area contributed by atoms with E-state index < -0.39 is 12.6 Å². The van der Waals surface area contributed by atoms with E-state index in [9.17, 15) is 23.4 Å². The Bertz CT molecular complexity index is 1050. The SMILES string of the molecule is Cn1c(-c2ccc(CC(F)(F)F)cc2O)nc2nc(OC3CCC(O)C3)ccc21. The average molecular weight is 407 g/mol. The smallest absolute Gasteiger partial charge is 0.393 e. The first-order valence-electron chi connectivity index (χ1n) is 9.27. The molecule has 0 bridgehead atoms. The predicted octanol–water partition coefficient (Wildman–Crippen LogP) is 3.74. The fraction of sp³-hybridized carbons (Fsp3) is 0.400. The summed E-state index contributed by atoms with van der Waals surface area (Å²) < 4.78 is 45.2. The number of rotatable bonds is 4. The normalized spacial score (nSPS) is 19.8. The summed E-state index contributed by atoms with van der Waals surface area (Å²) in [7, 11) is 1.74. The zero-order valence-electron chi connectivity index (χ0n) is 15.6. The van der Waals surface area contributed by atoms with Crippen molar-refractivity contribution in [2.75, 3.05) is 0 Å². The van der Waals surface area contributed by atoms with Crippen molar-refractivity contribution < 1.29 is 28.1 Å². The van der Waals surface area contributed by atoms with E-state index >= 15 is 0 Å². The van der Waals surface area contributed by atoms with Gasteiger partial charge in [-0.25, -0.2) is 4.98 Å². The van der Waals surface area contributed by atoms with E-state index in [0.717, 1.165) is 12.5 Å². The van der Waals surface area contributed by atoms with Crippen molar-refractivity contribution in [1.82, 2.24) is 14.5 Å². The quantitative estimate of drug-likeness (QED) is 0.689. The first kappa shape index (κ1) is 19.5. The van der Waals surface area contributed by atoms with Gasteiger partial charge in [0, 0.05) is 19.5 Å². The molecule has 9 heteroatoms. The van der Waals surface area contributed by atoms with Crippen molar-refractivity contribution in [3.63, 3.8) is 0 Å². The number of aliphatic hydroxyl groups is 1. The topological polar surface area (TPSA) is 80.4 Å². The molecule has 0 spiro atoms. The number of ether oxygens (including phenoxy) is 1. The molecule has 0 amide bonds. The molecule has 4 rings (SSSR count). The fourth-order valence-electron chi connectivity index (χ4n) is 3.67. The largest absolute Gasteiger partial charge is 0.507 e. The minimum Gasteiger partial charge on any atom is -0.507 e. The number of halogens is 3. The Morgan fingerprint density at radius 3 is 2.62 bits per heavy atom. The number of phenols is 1. The third-order valence-electron chi connectivity index (χ3n) is 5.07. The summed E-state index contributed by atoms with van der Waals surface area (Å²) in [5.74, 6) is 0.504. The van der Waals surface area contributed by atoms with Crippen molar-refractivity contribution >= 4 is 11.2 Å². The van der Waals surface area contributed by atoms with Gasteiger partial charge in [-0.05, 0) is 36.6 Å². The van der Waals surface area contributed by atoms with Crippen LogP contribution in [0.2, 0.25) is 0 Å². The number of aliphatic hydroxyl groups excluding tert-OH is 1. The zero-order valence-corrected chi connectivity index (χ0v) is 15.6. The summed E-state index contributed by atoms with van der Waals surface area (Å²) in [5.41, 5.74) is 1.39. The summed E-state index contributed by atoms with van der Waals surface area (Å²) in [6.07, 6.45) is -3.89. The van der Waals surface area contributed by atoms with Crippen LogP contribution in [0.15, 0.2) is 30.3 Å². The van der Waals surface area contributed by atoms with Gasteiger partial charge < -0.3 is 19.5 Å². The molecular weight excluding hydrogens is 387 g/mol. The van der Waals surface area contributed by atoms with Gasteiger partial charge in [-0.15, -0.1) is 0 Å². The highest BCUT2D eigenvalue weighted by atomic mass is 19.4. The van der Waals surface area contributed by atoms with Crippen LogP contribution >= 0.6 is 0 Å². The number of fused-ring (bicyclic) bond motifs is 1. The van der Waals surface area contributed by atoms with Gasteiger partial charge >= 0.3 is 6.18 Å². The summed E-state index contributed by atoms with van der Waals surface area (Å²) in [6.45, 7) is 0. The maximum absolute atomic E-state index is 12.6. The molecule has 2 unspecified atom stereocenters. The number of aryl methyl sites for hydroxylation is 1. The molecule has 0 radical (unpaired) electrons. The molecule has 29 heavy (non-hydrogen) atoms. The van der Waals surface area contributed by atoms with Crippen molar-refractivity contribution in [1.29, 1.82) is 0 Å². The first-order chi connectivity index (χ1) is 13.7. The van der Waals surface area contributed by atoms with Crippen molar-refractivity contribution in [3.8, 4) is 23.0 Å². The molecule has 1 fully saturated rings. The number of benzene rings is 1. The second kappa shape index (κ2) is 7.22. The lowest BCUT2D eigenvalue weighted by Crippen LogP contribution is -2.14. The number of phenolic OH excluding ortho intramolecular Hbond substituents is 1. The first-order valence-corrected chi connectivity index (χ1v) is 9.27. The van der Waals surface area contributed by atoms with E-state index in [1.165, 1.54) is 12.1 Å². The van der Waals surface area contributed by atoms with Gasteiger partial charge in [0.2, 0.25) is 5.88 Å². The lowest BCUT2D eigenvalue weighted by atomic mass is 10.1. The highest BCUT2D eigenvalue weighted by molar-refractivity contribution is 5.79. The van der Waals surface area contributed by atoms with Crippen LogP contribution in [0.1, 0.15) is 24.8 Å². The van der Waals surface area contributed by atoms with E-state index in [-0.39, 0.29) is 23.5 Å². The van der Waals surface area contributed by atoms with Crippen LogP contribution in [0.5, 0.6) is 11.6 Å². The van der Waals surface area contributed by atoms with Gasteiger partial charge in [0.25, 0.3) is 0 Å². The van der Waals surface area contributed by atoms with Crippen LogP contribution in [0, 0.1) is 0 Å². The average Bonchev–Trinajstić information content (AvgIpc) is 3.17. The van der Waals surface area contributed by atoms with Crippen LogP contribution in [0.4, 0.5) is 13.2 Å². The number of imidazole rings is 1. The monoisotopic (exact) mass is 407 g/mol. The number of nitrogens with zero attached hydrogens (tertiary/aromatic N) is 3. The van der Waals surface area contributed by atoms with E-state index in [1.54, 1.807) is 23.7 Å². The number of pyridine rings is 1. The minimum atomic E-state index is -4.35. The fourth-order valence-corrected chi connectivity index (χ4v) is 3.67. The predicted molar refractivity (Wildman–Crippen MR) is 99.6 cm³/mol. The molecule has 0 saturated heterocycles. The minimum absolute atomic E-state index is 0.0231. The van der Waals surface area contributed by atoms with Crippen LogP contribution in [0.3, 0.4) is 0 Å². The summed E-state index contributed by atoms with van der Waals surface area (Å²) >= 11 is 0. The number of aromatic hydroxyl groups is 1. The molecule has 1 aromatic carbocycles. The van der Waals surface area contributed by atoms with E-state index in [4.69, 9.17) is 4.74 Å². The van der Waals surface area contributed by atoms with Gasteiger partial charge in [-0.3, -0.25) is 0 Å². The second-order valence-corrected chi connectivity index (χ2v) is 7.34. The Morgan fingerprint density at radius 1 is 1.17 bits per heavy atom. The summed E-state index contributed by atoms with van der Waals surface area (Å²) in [4.78, 5) is 8.84. The molecule has 0 aliphatic heterocycles. The molecule has 2 atom stereocenters. The molecule has 1 aliphatic rings. The summed E-state index contributed by atoms with van der Waals surface area (Å²) in [5, 5.41) is 19.9. The molecule has 1 saturated carbocycles. The van der Waals surface area contributed by atoms with Crippen molar-refractivity contribution in [2.45, 2.75) is 44.1 Å². The molecule has 3 aromatic rings. The Morgan fingerprint density at radius 2 is 1.97 bits per heavy atom. The molecule has 6 nitrogen and oxygen atoms in total. The lowest BCUT2D eigenvalue weighted by Gasteiger charge is -2.11. The number of hydrogen-bond acceptors (Lipinski definition) is 5. The van der Waals surface area contributed by atoms with E-state index in [1.807, 2.05) is 0 Å². The molecule has 154 valence electrons. The van der Waals surface area contributed by atoms with Gasteiger partial charge in [0.1, 0.15) is 17.7 Å². The number of hydrogen-bond donors (Lipinski definition) is 2. The third-order valence-corrected chi connectivity index (χ3v) is 5.07. The molecular formula is C20H20F3N3O3. The summed E-state index contributed by atoms with van der Waals surface area (Å²) in [6, 6.07) is 7.36. The standard InChI is InChI=1S/C20H20F3N3O3/c1-26-15-6-7-17(29-13-4-3-12(27)9-13)24-18(15)25-19(26)14-5-2-11(8-16(14)28)10-20(21,22)23/h2,5-8,12-13,27-28H,3-4,9-10H2,1H3. The second-order valence-electron chi connectivity index (χ2n) is 7.34. The lowest BCUT2D eigenvalue weighted by molar-refractivity contribution is -0.127. The van der Waals surface area contributed by atoms with Crippen LogP contribution in [-0.4, -0.2) is 43.1 Å². The Hall–Kier alpha value is -2.81. The Labute approximate surface area is 164 Å². The highest BCUT2D eigenvalue weighted by Crippen LogP contribution is 2.33. The molecule has 1 aliphatic carbocycles. The Kier molecular flexibility index (Phi) is 4.85. The van der Waals surface area contributed by atoms with Gasteiger partial charge in [-0.1, -0.05) is 6.07 Å². The molecule has 2 heterocycles. The van der Waals surface area contributed by atoms with Crippen LogP contribution in [-0.2, 0) is 13.5 Å². The Balaban J connectivity index is 1.63.